The van der Waals surface area contributed by atoms with Gasteiger partial charge in [-0.1, -0.05) is 29.8 Å². The Morgan fingerprint density at radius 2 is 1.70 bits per heavy atom. The van der Waals surface area contributed by atoms with Gasteiger partial charge in [0.15, 0.2) is 0 Å². The molecule has 0 spiro atoms. The molecule has 0 saturated carbocycles. The van der Waals surface area contributed by atoms with Gasteiger partial charge >= 0.3 is 7.12 Å². The Bertz CT molecular complexity index is 704. The van der Waals surface area contributed by atoms with Crippen molar-refractivity contribution in [3.05, 3.63) is 53.6 Å². The largest absolute Gasteiger partial charge is 0.488 e. The van der Waals surface area contributed by atoms with Crippen molar-refractivity contribution in [1.82, 2.24) is 0 Å². The number of hydrogen-bond acceptors (Lipinski definition) is 4. The van der Waals surface area contributed by atoms with Gasteiger partial charge in [0, 0.05) is 5.02 Å². The average molecular weight is 312 g/mol. The Hall–Kier alpha value is -1.54. The van der Waals surface area contributed by atoms with Crippen LogP contribution < -0.4 is 10.2 Å². The second-order valence-electron chi connectivity index (χ2n) is 4.06. The van der Waals surface area contributed by atoms with E-state index in [1.165, 1.54) is 30.3 Å². The van der Waals surface area contributed by atoms with E-state index < -0.39 is 17.1 Å². The van der Waals surface area contributed by atoms with Crippen molar-refractivity contribution in [3.8, 4) is 0 Å². The molecule has 0 radical (unpaired) electrons. The van der Waals surface area contributed by atoms with Gasteiger partial charge in [-0.05, 0) is 35.8 Å². The van der Waals surface area contributed by atoms with Crippen LogP contribution in [0.15, 0.2) is 53.4 Å². The van der Waals surface area contributed by atoms with Crippen molar-refractivity contribution in [2.45, 2.75) is 4.90 Å². The van der Waals surface area contributed by atoms with E-state index in [0.29, 0.717) is 10.7 Å². The topological polar surface area (TPSA) is 86.6 Å². The molecule has 0 amide bonds. The molecule has 3 N–H and O–H groups in total. The molecule has 8 heteroatoms. The summed E-state index contributed by atoms with van der Waals surface area (Å²) in [6, 6.07) is 11.6. The number of hydrogen-bond donors (Lipinski definition) is 3. The second-order valence-corrected chi connectivity index (χ2v) is 6.18. The minimum Gasteiger partial charge on any atom is -0.423 e. The quantitative estimate of drug-likeness (QED) is 0.730. The van der Waals surface area contributed by atoms with Gasteiger partial charge < -0.3 is 10.0 Å². The minimum atomic E-state index is -3.74. The Labute approximate surface area is 122 Å². The maximum Gasteiger partial charge on any atom is 0.488 e. The van der Waals surface area contributed by atoms with Gasteiger partial charge in [-0.2, -0.15) is 0 Å². The molecule has 5 nitrogen and oxygen atoms in total. The van der Waals surface area contributed by atoms with E-state index in [2.05, 4.69) is 4.72 Å². The van der Waals surface area contributed by atoms with Gasteiger partial charge in [0.2, 0.25) is 0 Å². The van der Waals surface area contributed by atoms with Crippen LogP contribution in [0, 0.1) is 0 Å². The van der Waals surface area contributed by atoms with E-state index in [-0.39, 0.29) is 10.4 Å². The molecule has 0 atom stereocenters. The third-order valence-electron chi connectivity index (χ3n) is 2.57. The predicted molar refractivity (Wildman–Crippen MR) is 78.5 cm³/mol. The average Bonchev–Trinajstić information content (AvgIpc) is 2.38. The fourth-order valence-corrected chi connectivity index (χ4v) is 2.82. The lowest BCUT2D eigenvalue weighted by molar-refractivity contribution is 0.425. The normalized spacial score (nSPS) is 11.2. The number of halogens is 1. The maximum absolute atomic E-state index is 12.1. The lowest BCUT2D eigenvalue weighted by Gasteiger charge is -2.09. The monoisotopic (exact) mass is 311 g/mol. The minimum absolute atomic E-state index is 0.0156. The Morgan fingerprint density at radius 1 is 1.05 bits per heavy atom. The van der Waals surface area contributed by atoms with Crippen molar-refractivity contribution in [2.75, 3.05) is 4.72 Å². The van der Waals surface area contributed by atoms with Gasteiger partial charge in [-0.15, -0.1) is 0 Å². The molecule has 20 heavy (non-hydrogen) atoms. The van der Waals surface area contributed by atoms with Crippen LogP contribution in [0.2, 0.25) is 5.02 Å². The highest BCUT2D eigenvalue weighted by Crippen LogP contribution is 2.19. The smallest absolute Gasteiger partial charge is 0.423 e. The van der Waals surface area contributed by atoms with Crippen LogP contribution >= 0.6 is 11.6 Å². The molecular formula is C12H11BClNO4S. The van der Waals surface area contributed by atoms with E-state index in [4.69, 9.17) is 21.6 Å². The van der Waals surface area contributed by atoms with Gasteiger partial charge in [0.05, 0.1) is 10.6 Å². The van der Waals surface area contributed by atoms with Gasteiger partial charge in [-0.25, -0.2) is 8.42 Å². The van der Waals surface area contributed by atoms with Crippen LogP contribution in [0.1, 0.15) is 0 Å². The summed E-state index contributed by atoms with van der Waals surface area (Å²) >= 11 is 5.78. The zero-order valence-electron chi connectivity index (χ0n) is 10.2. The molecular weight excluding hydrogens is 300 g/mol. The van der Waals surface area contributed by atoms with E-state index in [0.717, 1.165) is 0 Å². The van der Waals surface area contributed by atoms with Crippen LogP contribution in [0.4, 0.5) is 5.69 Å². The van der Waals surface area contributed by atoms with Crippen molar-refractivity contribution < 1.29 is 18.5 Å². The van der Waals surface area contributed by atoms with E-state index >= 15 is 0 Å². The first-order valence-electron chi connectivity index (χ1n) is 5.63. The lowest BCUT2D eigenvalue weighted by Crippen LogP contribution is -2.29. The number of sulfonamides is 1. The third kappa shape index (κ3) is 3.52. The zero-order valence-corrected chi connectivity index (χ0v) is 11.8. The number of nitrogens with one attached hydrogen (secondary N) is 1. The number of benzene rings is 2. The summed E-state index contributed by atoms with van der Waals surface area (Å²) in [7, 11) is -5.38. The molecule has 2 aromatic rings. The van der Waals surface area contributed by atoms with Crippen LogP contribution in [0.25, 0.3) is 0 Å². The fourth-order valence-electron chi connectivity index (χ4n) is 1.59. The van der Waals surface area contributed by atoms with Crippen molar-refractivity contribution in [1.29, 1.82) is 0 Å². The molecule has 0 unspecified atom stereocenters. The molecule has 0 aliphatic heterocycles. The second kappa shape index (κ2) is 5.84. The Balaban J connectivity index is 2.26. The van der Waals surface area contributed by atoms with E-state index in [9.17, 15) is 8.42 Å². The summed E-state index contributed by atoms with van der Waals surface area (Å²) in [5.41, 5.74) is 0.565. The van der Waals surface area contributed by atoms with Gasteiger partial charge in [0.25, 0.3) is 10.0 Å². The molecule has 0 aliphatic rings. The first-order valence-corrected chi connectivity index (χ1v) is 7.49. The van der Waals surface area contributed by atoms with Crippen LogP contribution in [-0.4, -0.2) is 25.6 Å². The Morgan fingerprint density at radius 3 is 2.25 bits per heavy atom. The van der Waals surface area contributed by atoms with Gasteiger partial charge in [0.1, 0.15) is 0 Å². The summed E-state index contributed by atoms with van der Waals surface area (Å²) in [6.45, 7) is 0. The zero-order chi connectivity index (χ0) is 14.8. The Kier molecular flexibility index (Phi) is 4.34. The third-order valence-corrected chi connectivity index (χ3v) is 4.20. The molecule has 2 rings (SSSR count). The summed E-state index contributed by atoms with van der Waals surface area (Å²) in [5, 5.41) is 18.3. The summed E-state index contributed by atoms with van der Waals surface area (Å²) < 4.78 is 26.6. The highest BCUT2D eigenvalue weighted by atomic mass is 35.5. The summed E-state index contributed by atoms with van der Waals surface area (Å²) in [4.78, 5) is 0.0156. The first-order chi connectivity index (χ1) is 9.38. The highest BCUT2D eigenvalue weighted by molar-refractivity contribution is 7.92. The summed E-state index contributed by atoms with van der Waals surface area (Å²) in [6.07, 6.45) is 0. The van der Waals surface area contributed by atoms with Crippen molar-refractivity contribution in [3.63, 3.8) is 0 Å². The highest BCUT2D eigenvalue weighted by Gasteiger charge is 2.16. The van der Waals surface area contributed by atoms with Gasteiger partial charge in [-0.3, -0.25) is 4.72 Å². The van der Waals surface area contributed by atoms with Crippen LogP contribution in [0.5, 0.6) is 0 Å². The molecule has 0 aliphatic carbocycles. The molecule has 0 fully saturated rings. The first kappa shape index (κ1) is 14.9. The molecule has 2 aromatic carbocycles. The van der Waals surface area contributed by atoms with E-state index in [1.807, 2.05) is 0 Å². The van der Waals surface area contributed by atoms with Crippen LogP contribution in [0.3, 0.4) is 0 Å². The van der Waals surface area contributed by atoms with Crippen molar-refractivity contribution in [2.24, 2.45) is 0 Å². The molecule has 104 valence electrons. The molecule has 0 heterocycles. The van der Waals surface area contributed by atoms with E-state index in [1.54, 1.807) is 18.2 Å². The standard InChI is InChI=1S/C12H11BClNO4S/c14-10-2-1-3-11(8-10)15-20(18,19)12-6-4-9(5-7-12)13(16)17/h1-8,15-17H. The number of rotatable bonds is 4. The SMILES string of the molecule is O=S(=O)(Nc1cccc(Cl)c1)c1ccc(B(O)O)cc1. The van der Waals surface area contributed by atoms with Crippen LogP contribution in [-0.2, 0) is 10.0 Å². The molecule has 0 bridgehead atoms. The summed E-state index contributed by atoms with van der Waals surface area (Å²) in [5.74, 6) is 0. The molecule has 0 saturated heterocycles. The predicted octanol–water partition coefficient (Wildman–Crippen LogP) is 0.821. The lowest BCUT2D eigenvalue weighted by atomic mass is 9.81. The van der Waals surface area contributed by atoms with Crippen molar-refractivity contribution >= 4 is 39.9 Å². The molecule has 0 aromatic heterocycles. The number of anilines is 1. The fraction of sp³-hybridized carbons (Fsp3) is 0. The maximum atomic E-state index is 12.1.